The summed E-state index contributed by atoms with van der Waals surface area (Å²) in [6.07, 6.45) is 10.5. The number of rotatable bonds is 12. The number of hydrogen-bond acceptors (Lipinski definition) is 2. The second-order valence-electron chi connectivity index (χ2n) is 5.72. The van der Waals surface area contributed by atoms with E-state index in [1.54, 1.807) is 0 Å². The first kappa shape index (κ1) is 22.1. The van der Waals surface area contributed by atoms with Crippen molar-refractivity contribution < 1.29 is 4.48 Å². The molecule has 0 spiro atoms. The fourth-order valence-electron chi connectivity index (χ4n) is 2.73. The van der Waals surface area contributed by atoms with Gasteiger partial charge in [0, 0.05) is 6.42 Å². The van der Waals surface area contributed by atoms with Crippen LogP contribution in [-0.4, -0.2) is 29.5 Å². The molecule has 0 radical (unpaired) electrons. The van der Waals surface area contributed by atoms with Crippen LogP contribution in [0.3, 0.4) is 0 Å². The van der Waals surface area contributed by atoms with Crippen LogP contribution in [0.2, 0.25) is 0 Å². The highest BCUT2D eigenvalue weighted by molar-refractivity contribution is 7.80. The third-order valence-electron chi connectivity index (χ3n) is 4.05. The highest BCUT2D eigenvalue weighted by Crippen LogP contribution is 2.25. The van der Waals surface area contributed by atoms with Crippen LogP contribution in [-0.2, 0) is 0 Å². The number of thiol groups is 1. The van der Waals surface area contributed by atoms with Crippen LogP contribution in [0.5, 0.6) is 0 Å². The van der Waals surface area contributed by atoms with Crippen molar-refractivity contribution in [1.82, 2.24) is 0 Å². The van der Waals surface area contributed by atoms with E-state index >= 15 is 0 Å². The van der Waals surface area contributed by atoms with Crippen molar-refractivity contribution in [3.63, 3.8) is 0 Å². The summed E-state index contributed by atoms with van der Waals surface area (Å²) < 4.78 is 1.27. The van der Waals surface area contributed by atoms with E-state index < -0.39 is 0 Å². The molecule has 0 aromatic carbocycles. The van der Waals surface area contributed by atoms with Crippen LogP contribution in [0, 0.1) is 11.8 Å². The maximum atomic E-state index is 6.25. The Balaban J connectivity index is 0. The molecule has 2 nitrogen and oxygen atoms in total. The largest absolute Gasteiger partial charge is 0.512 e. The lowest BCUT2D eigenvalue weighted by atomic mass is 10.1. The van der Waals surface area contributed by atoms with Crippen molar-refractivity contribution in [2.24, 2.45) is 0 Å². The van der Waals surface area contributed by atoms with E-state index in [1.165, 1.54) is 75.5 Å². The van der Waals surface area contributed by atoms with Gasteiger partial charge in [-0.1, -0.05) is 47.0 Å². The van der Waals surface area contributed by atoms with Crippen LogP contribution < -0.4 is 0 Å². The van der Waals surface area contributed by atoms with E-state index in [-0.39, 0.29) is 0 Å². The Kier molecular flexibility index (Phi) is 16.8. The summed E-state index contributed by atoms with van der Waals surface area (Å²) in [6.45, 7) is 18.0. The van der Waals surface area contributed by atoms with Gasteiger partial charge in [0.2, 0.25) is 0 Å². The molecular weight excluding hydrogens is 264 g/mol. The number of hydrogen-bond donors (Lipinski definition) is 1. The summed E-state index contributed by atoms with van der Waals surface area (Å²) in [7, 11) is 0. The van der Waals surface area contributed by atoms with Crippen LogP contribution in [0.15, 0.2) is 0 Å². The van der Waals surface area contributed by atoms with Crippen molar-refractivity contribution in [1.29, 1.82) is 5.26 Å². The first-order valence-corrected chi connectivity index (χ1v) is 8.94. The summed E-state index contributed by atoms with van der Waals surface area (Å²) in [5, 5.41) is 6.81. The second kappa shape index (κ2) is 15.2. The van der Waals surface area contributed by atoms with E-state index in [9.17, 15) is 0 Å². The molecule has 0 N–H and O–H groups in total. The minimum Gasteiger partial charge on any atom is -0.512 e. The SMILES string of the molecule is CCCC[N+](CCCC)(CCCC)C(S)CCC.[C-]#N. The maximum Gasteiger partial charge on any atom is 0.133 e. The molecule has 20 heavy (non-hydrogen) atoms. The molecule has 0 aliphatic heterocycles. The number of quaternary nitrogens is 1. The molecule has 0 amide bonds. The third kappa shape index (κ3) is 8.87. The first-order valence-electron chi connectivity index (χ1n) is 8.43. The lowest BCUT2D eigenvalue weighted by Crippen LogP contribution is -2.55. The van der Waals surface area contributed by atoms with Gasteiger partial charge >= 0.3 is 0 Å². The number of unbranched alkanes of at least 4 members (excludes halogenated alkanes) is 3. The molecule has 0 saturated heterocycles. The molecule has 0 aliphatic carbocycles. The maximum absolute atomic E-state index is 6.25. The van der Waals surface area contributed by atoms with Crippen LogP contribution in [0.4, 0.5) is 0 Å². The van der Waals surface area contributed by atoms with Crippen molar-refractivity contribution in [3.05, 3.63) is 6.57 Å². The van der Waals surface area contributed by atoms with Gasteiger partial charge < -0.3 is 16.3 Å². The Morgan fingerprint density at radius 3 is 1.40 bits per heavy atom. The summed E-state index contributed by atoms with van der Waals surface area (Å²) in [5.41, 5.74) is 0. The third-order valence-corrected chi connectivity index (χ3v) is 4.80. The molecule has 0 saturated carbocycles. The van der Waals surface area contributed by atoms with Crippen LogP contribution in [0.1, 0.15) is 79.1 Å². The molecule has 1 unspecified atom stereocenters. The van der Waals surface area contributed by atoms with Crippen molar-refractivity contribution in [3.8, 4) is 0 Å². The van der Waals surface area contributed by atoms with Gasteiger partial charge in [-0.05, 0) is 25.7 Å². The lowest BCUT2D eigenvalue weighted by molar-refractivity contribution is -0.938. The standard InChI is InChI=1S/C16H35NS.CN/c1-5-9-13-17(14-10-6-2,15-11-7-3)16(18)12-8-4;1-2/h16H,5-15H2,1-4H3;/q;-1/p+1. The molecule has 0 bridgehead atoms. The predicted molar refractivity (Wildman–Crippen MR) is 92.2 cm³/mol. The van der Waals surface area contributed by atoms with Gasteiger partial charge in [-0.2, -0.15) is 0 Å². The second-order valence-corrected chi connectivity index (χ2v) is 6.32. The van der Waals surface area contributed by atoms with E-state index in [2.05, 4.69) is 27.7 Å². The Morgan fingerprint density at radius 1 is 0.800 bits per heavy atom. The fraction of sp³-hybridized carbons (Fsp3) is 0.941. The molecule has 120 valence electrons. The average molecular weight is 301 g/mol. The summed E-state index contributed by atoms with van der Waals surface area (Å²) in [4.78, 5) is 0. The molecular formula is C17H36N2S. The molecule has 0 aliphatic rings. The van der Waals surface area contributed by atoms with E-state index in [1.807, 2.05) is 0 Å². The molecule has 1 atom stereocenters. The summed E-state index contributed by atoms with van der Waals surface area (Å²) >= 11 is 4.98. The zero-order chi connectivity index (χ0) is 15.9. The van der Waals surface area contributed by atoms with Gasteiger partial charge in [0.1, 0.15) is 5.37 Å². The van der Waals surface area contributed by atoms with Gasteiger partial charge in [0.15, 0.2) is 0 Å². The van der Waals surface area contributed by atoms with Crippen molar-refractivity contribution in [2.75, 3.05) is 19.6 Å². The fourth-order valence-corrected chi connectivity index (χ4v) is 3.34. The monoisotopic (exact) mass is 300 g/mol. The molecule has 0 rings (SSSR count). The van der Waals surface area contributed by atoms with E-state index in [4.69, 9.17) is 24.5 Å². The zero-order valence-electron chi connectivity index (χ0n) is 14.2. The Bertz CT molecular complexity index is 195. The topological polar surface area (TPSA) is 23.8 Å². The Hall–Kier alpha value is -0.200. The van der Waals surface area contributed by atoms with Gasteiger partial charge in [-0.25, -0.2) is 0 Å². The zero-order valence-corrected chi connectivity index (χ0v) is 15.1. The van der Waals surface area contributed by atoms with Crippen LogP contribution >= 0.6 is 12.6 Å². The van der Waals surface area contributed by atoms with Crippen LogP contribution in [0.25, 0.3) is 0 Å². The molecule has 3 heteroatoms. The van der Waals surface area contributed by atoms with Gasteiger partial charge in [0.05, 0.1) is 19.6 Å². The van der Waals surface area contributed by atoms with E-state index in [0.717, 1.165) is 0 Å². The molecule has 0 fully saturated rings. The minimum atomic E-state index is 0.555. The highest BCUT2D eigenvalue weighted by atomic mass is 32.1. The first-order chi connectivity index (χ1) is 9.66. The average Bonchev–Trinajstić information content (AvgIpc) is 2.49. The Labute approximate surface area is 133 Å². The predicted octanol–water partition coefficient (Wildman–Crippen LogP) is 5.36. The molecule has 0 aromatic rings. The Morgan fingerprint density at radius 2 is 1.15 bits per heavy atom. The molecule has 0 aromatic heterocycles. The molecule has 0 heterocycles. The summed E-state index contributed by atoms with van der Waals surface area (Å²) in [5.74, 6) is 0. The minimum absolute atomic E-state index is 0.555. The van der Waals surface area contributed by atoms with Gasteiger partial charge in [-0.3, -0.25) is 0 Å². The lowest BCUT2D eigenvalue weighted by Gasteiger charge is -2.43. The van der Waals surface area contributed by atoms with E-state index in [0.29, 0.717) is 5.37 Å². The van der Waals surface area contributed by atoms with Gasteiger partial charge in [-0.15, -0.1) is 12.6 Å². The van der Waals surface area contributed by atoms with Crippen molar-refractivity contribution in [2.45, 2.75) is 84.4 Å². The highest BCUT2D eigenvalue weighted by Gasteiger charge is 2.32. The smallest absolute Gasteiger partial charge is 0.133 e. The quantitative estimate of drug-likeness (QED) is 0.223. The number of nitrogens with zero attached hydrogens (tertiary/aromatic N) is 2. The normalized spacial score (nSPS) is 12.6. The van der Waals surface area contributed by atoms with Gasteiger partial charge in [0.25, 0.3) is 0 Å². The summed E-state index contributed by atoms with van der Waals surface area (Å²) in [6, 6.07) is 0. The van der Waals surface area contributed by atoms with Crippen molar-refractivity contribution >= 4 is 12.6 Å².